The number of para-hydroxylation sites is 1. The Morgan fingerprint density at radius 2 is 1.73 bits per heavy atom. The minimum atomic E-state index is 0.692. The minimum Gasteiger partial charge on any atom is -0.431 e. The number of rotatable bonds is 6. The molecular formula is C18H20N2OS. The topological polar surface area (TPSA) is 25.4 Å². The van der Waals surface area contributed by atoms with E-state index in [2.05, 4.69) is 41.9 Å². The van der Waals surface area contributed by atoms with Crippen LogP contribution >= 0.6 is 11.3 Å². The van der Waals surface area contributed by atoms with Gasteiger partial charge in [0.2, 0.25) is 0 Å². The number of benzene rings is 2. The lowest BCUT2D eigenvalue weighted by molar-refractivity contribution is 0.296. The van der Waals surface area contributed by atoms with Gasteiger partial charge in [0.25, 0.3) is 5.19 Å². The third-order valence-electron chi connectivity index (χ3n) is 3.70. The van der Waals surface area contributed by atoms with Gasteiger partial charge in [-0.15, -0.1) is 0 Å². The van der Waals surface area contributed by atoms with E-state index in [-0.39, 0.29) is 0 Å². The third kappa shape index (κ3) is 3.46. The average molecular weight is 312 g/mol. The predicted molar refractivity (Wildman–Crippen MR) is 92.8 cm³/mol. The van der Waals surface area contributed by atoms with E-state index in [1.807, 2.05) is 30.3 Å². The molecule has 3 rings (SSSR count). The smallest absolute Gasteiger partial charge is 0.279 e. The summed E-state index contributed by atoms with van der Waals surface area (Å²) in [4.78, 5) is 6.89. The second-order valence-electron chi connectivity index (χ2n) is 5.15. The number of thiazole rings is 1. The summed E-state index contributed by atoms with van der Waals surface area (Å²) in [5.41, 5.74) is 2.29. The third-order valence-corrected chi connectivity index (χ3v) is 4.62. The molecule has 0 atom stereocenters. The van der Waals surface area contributed by atoms with E-state index in [0.29, 0.717) is 5.19 Å². The molecule has 2 aromatic carbocycles. The number of aromatic nitrogens is 1. The maximum absolute atomic E-state index is 5.87. The van der Waals surface area contributed by atoms with Crippen LogP contribution in [0.4, 0.5) is 0 Å². The van der Waals surface area contributed by atoms with Gasteiger partial charge < -0.3 is 4.74 Å². The molecule has 0 unspecified atom stereocenters. The molecule has 3 nitrogen and oxygen atoms in total. The molecule has 22 heavy (non-hydrogen) atoms. The van der Waals surface area contributed by atoms with Crippen LogP contribution in [0.25, 0.3) is 10.2 Å². The molecule has 0 aliphatic rings. The van der Waals surface area contributed by atoms with Crippen molar-refractivity contribution in [2.45, 2.75) is 20.4 Å². The van der Waals surface area contributed by atoms with Crippen LogP contribution in [-0.2, 0) is 6.54 Å². The van der Waals surface area contributed by atoms with Crippen molar-refractivity contribution >= 4 is 21.6 Å². The number of hydrogen-bond donors (Lipinski definition) is 0. The van der Waals surface area contributed by atoms with Crippen molar-refractivity contribution in [1.82, 2.24) is 9.88 Å². The molecule has 114 valence electrons. The van der Waals surface area contributed by atoms with Crippen molar-refractivity contribution < 1.29 is 4.74 Å². The van der Waals surface area contributed by atoms with Crippen molar-refractivity contribution in [1.29, 1.82) is 0 Å². The van der Waals surface area contributed by atoms with E-state index in [4.69, 9.17) is 4.74 Å². The summed E-state index contributed by atoms with van der Waals surface area (Å²) >= 11 is 1.57. The fraction of sp³-hybridized carbons (Fsp3) is 0.278. The Labute approximate surface area is 135 Å². The van der Waals surface area contributed by atoms with E-state index in [1.165, 1.54) is 5.56 Å². The van der Waals surface area contributed by atoms with Crippen LogP contribution < -0.4 is 4.74 Å². The summed E-state index contributed by atoms with van der Waals surface area (Å²) in [6.07, 6.45) is 0. The molecule has 0 radical (unpaired) electrons. The molecule has 1 heterocycles. The van der Waals surface area contributed by atoms with Gasteiger partial charge in [-0.2, -0.15) is 0 Å². The molecule has 4 heteroatoms. The van der Waals surface area contributed by atoms with Gasteiger partial charge >= 0.3 is 0 Å². The van der Waals surface area contributed by atoms with E-state index < -0.39 is 0 Å². The van der Waals surface area contributed by atoms with Crippen molar-refractivity contribution in [2.75, 3.05) is 13.1 Å². The van der Waals surface area contributed by atoms with Crippen LogP contribution in [0, 0.1) is 0 Å². The summed E-state index contributed by atoms with van der Waals surface area (Å²) in [6, 6.07) is 16.4. The molecule has 0 amide bonds. The van der Waals surface area contributed by atoms with Gasteiger partial charge in [0.05, 0.1) is 10.2 Å². The summed E-state index contributed by atoms with van der Waals surface area (Å²) in [5.74, 6) is 0.836. The lowest BCUT2D eigenvalue weighted by Gasteiger charge is -2.17. The van der Waals surface area contributed by atoms with E-state index in [1.54, 1.807) is 11.3 Å². The van der Waals surface area contributed by atoms with E-state index in [0.717, 1.165) is 35.6 Å². The number of nitrogens with zero attached hydrogens (tertiary/aromatic N) is 2. The van der Waals surface area contributed by atoms with Crippen LogP contribution in [0.3, 0.4) is 0 Å². The molecule has 1 aromatic heterocycles. The first kappa shape index (κ1) is 15.0. The highest BCUT2D eigenvalue weighted by Gasteiger charge is 2.06. The zero-order valence-corrected chi connectivity index (χ0v) is 13.8. The van der Waals surface area contributed by atoms with Crippen molar-refractivity contribution in [3.8, 4) is 10.9 Å². The van der Waals surface area contributed by atoms with Crippen LogP contribution in [0.15, 0.2) is 48.5 Å². The Kier molecular flexibility index (Phi) is 4.71. The van der Waals surface area contributed by atoms with Crippen LogP contribution in [0.5, 0.6) is 10.9 Å². The van der Waals surface area contributed by atoms with Crippen molar-refractivity contribution in [3.05, 3.63) is 54.1 Å². The zero-order chi connectivity index (χ0) is 15.4. The highest BCUT2D eigenvalue weighted by Crippen LogP contribution is 2.31. The highest BCUT2D eigenvalue weighted by molar-refractivity contribution is 7.20. The largest absolute Gasteiger partial charge is 0.431 e. The van der Waals surface area contributed by atoms with Gasteiger partial charge in [0.1, 0.15) is 5.75 Å². The Bertz CT molecular complexity index is 699. The molecule has 0 bridgehead atoms. The van der Waals surface area contributed by atoms with Crippen LogP contribution in [0.2, 0.25) is 0 Å². The summed E-state index contributed by atoms with van der Waals surface area (Å²) in [5, 5.41) is 0.692. The number of ether oxygens (including phenoxy) is 1. The van der Waals surface area contributed by atoms with Crippen LogP contribution in [0.1, 0.15) is 19.4 Å². The van der Waals surface area contributed by atoms with Gasteiger partial charge in [0, 0.05) is 6.54 Å². The molecule has 0 saturated carbocycles. The first-order chi connectivity index (χ1) is 10.8. The number of hydrogen-bond acceptors (Lipinski definition) is 4. The summed E-state index contributed by atoms with van der Waals surface area (Å²) in [7, 11) is 0. The van der Waals surface area contributed by atoms with Gasteiger partial charge in [0.15, 0.2) is 0 Å². The molecule has 0 aliphatic carbocycles. The van der Waals surface area contributed by atoms with Crippen LogP contribution in [-0.4, -0.2) is 23.0 Å². The second kappa shape index (κ2) is 6.90. The summed E-state index contributed by atoms with van der Waals surface area (Å²) < 4.78 is 7.02. The maximum Gasteiger partial charge on any atom is 0.279 e. The normalized spacial score (nSPS) is 11.2. The fourth-order valence-corrected chi connectivity index (χ4v) is 3.20. The summed E-state index contributed by atoms with van der Waals surface area (Å²) in [6.45, 7) is 7.50. The molecule has 0 saturated heterocycles. The average Bonchev–Trinajstić information content (AvgIpc) is 2.96. The van der Waals surface area contributed by atoms with E-state index in [9.17, 15) is 0 Å². The van der Waals surface area contributed by atoms with Gasteiger partial charge in [-0.25, -0.2) is 4.98 Å². The lowest BCUT2D eigenvalue weighted by Crippen LogP contribution is -2.21. The van der Waals surface area contributed by atoms with Gasteiger partial charge in [-0.3, -0.25) is 4.90 Å². The lowest BCUT2D eigenvalue weighted by atomic mass is 10.2. The predicted octanol–water partition coefficient (Wildman–Crippen LogP) is 4.93. The fourth-order valence-electron chi connectivity index (χ4n) is 2.36. The second-order valence-corrected chi connectivity index (χ2v) is 6.15. The molecular weight excluding hydrogens is 292 g/mol. The minimum absolute atomic E-state index is 0.692. The first-order valence-corrected chi connectivity index (χ1v) is 8.45. The molecule has 0 fully saturated rings. The van der Waals surface area contributed by atoms with Gasteiger partial charge in [-0.05, 0) is 42.9 Å². The molecule has 0 spiro atoms. The maximum atomic E-state index is 5.87. The molecule has 3 aromatic rings. The standard InChI is InChI=1S/C18H20N2OS/c1-3-20(4-2)13-14-9-11-15(12-10-14)21-18-19-16-7-5-6-8-17(16)22-18/h5-12H,3-4,13H2,1-2H3. The number of fused-ring (bicyclic) bond motifs is 1. The van der Waals surface area contributed by atoms with E-state index >= 15 is 0 Å². The zero-order valence-electron chi connectivity index (χ0n) is 13.0. The van der Waals surface area contributed by atoms with Crippen molar-refractivity contribution in [3.63, 3.8) is 0 Å². The quantitative estimate of drug-likeness (QED) is 0.645. The first-order valence-electron chi connectivity index (χ1n) is 7.63. The molecule has 0 aliphatic heterocycles. The Morgan fingerprint density at radius 1 is 1.00 bits per heavy atom. The highest BCUT2D eigenvalue weighted by atomic mass is 32.1. The Morgan fingerprint density at radius 3 is 2.41 bits per heavy atom. The van der Waals surface area contributed by atoms with Gasteiger partial charge in [-0.1, -0.05) is 49.4 Å². The SMILES string of the molecule is CCN(CC)Cc1ccc(Oc2nc3ccccc3s2)cc1. The molecule has 0 N–H and O–H groups in total. The Balaban J connectivity index is 1.70. The van der Waals surface area contributed by atoms with Crippen molar-refractivity contribution in [2.24, 2.45) is 0 Å². The Hall–Kier alpha value is -1.91. The monoisotopic (exact) mass is 312 g/mol.